The van der Waals surface area contributed by atoms with Crippen molar-refractivity contribution in [1.29, 1.82) is 0 Å². The molecule has 0 N–H and O–H groups in total. The molecule has 0 bridgehead atoms. The summed E-state index contributed by atoms with van der Waals surface area (Å²) in [5, 5.41) is 10.6. The summed E-state index contributed by atoms with van der Waals surface area (Å²) >= 11 is 0. The van der Waals surface area contributed by atoms with Crippen LogP contribution in [0, 0.1) is 10.1 Å². The van der Waals surface area contributed by atoms with Crippen LogP contribution < -0.4 is 0 Å². The van der Waals surface area contributed by atoms with Gasteiger partial charge in [-0.25, -0.2) is 0 Å². The zero-order chi connectivity index (χ0) is 11.8. The number of hydrogen-bond donors (Lipinski definition) is 0. The van der Waals surface area contributed by atoms with E-state index in [4.69, 9.17) is 9.31 Å². The van der Waals surface area contributed by atoms with Gasteiger partial charge >= 0.3 is 14.4 Å². The first-order valence-corrected chi connectivity index (χ1v) is 5.17. The maximum Gasteiger partial charge on any atom is 0.473 e. The maximum absolute atomic E-state index is 10.6. The zero-order valence-electron chi connectivity index (χ0n) is 8.78. The van der Waals surface area contributed by atoms with E-state index in [0.717, 1.165) is 5.56 Å². The molecule has 0 aromatic heterocycles. The Kier molecular flexibility index (Phi) is 2.36. The molecular formula is C9H7B2N2O4. The molecule has 1 atom stereocenters. The fourth-order valence-corrected chi connectivity index (χ4v) is 1.56. The third-order valence-corrected chi connectivity index (χ3v) is 2.56. The summed E-state index contributed by atoms with van der Waals surface area (Å²) < 4.78 is 10.1. The van der Waals surface area contributed by atoms with Crippen LogP contribution >= 0.6 is 0 Å². The maximum atomic E-state index is 10.6. The fraction of sp³-hybridized carbons (Fsp3) is 0.222. The Hall–Kier alpha value is -1.82. The average Bonchev–Trinajstić information content (AvgIpc) is 3.18. The molecule has 2 aliphatic rings. The van der Waals surface area contributed by atoms with E-state index in [1.54, 1.807) is 19.6 Å². The van der Waals surface area contributed by atoms with Crippen LogP contribution in [0.5, 0.6) is 0 Å². The third kappa shape index (κ3) is 2.31. The molecule has 83 valence electrons. The van der Waals surface area contributed by atoms with Crippen molar-refractivity contribution in [2.24, 2.45) is 4.99 Å². The third-order valence-electron chi connectivity index (χ3n) is 2.56. The topological polar surface area (TPSA) is 80.6 Å². The summed E-state index contributed by atoms with van der Waals surface area (Å²) in [7, 11) is 1.69. The van der Waals surface area contributed by atoms with Crippen LogP contribution in [0.3, 0.4) is 0 Å². The molecule has 2 heterocycles. The molecule has 1 aromatic rings. The molecule has 1 radical (unpaired) electrons. The molecule has 0 spiro atoms. The number of non-ortho nitro benzene ring substituents is 1. The Morgan fingerprint density at radius 1 is 1.59 bits per heavy atom. The second-order valence-electron chi connectivity index (χ2n) is 3.86. The van der Waals surface area contributed by atoms with Crippen LogP contribution in [-0.4, -0.2) is 31.0 Å². The molecule has 1 aromatic carbocycles. The summed E-state index contributed by atoms with van der Waals surface area (Å²) in [6.07, 6.45) is 0. The van der Waals surface area contributed by atoms with E-state index in [1.807, 2.05) is 0 Å². The van der Waals surface area contributed by atoms with Crippen molar-refractivity contribution in [3.8, 4) is 0 Å². The molecule has 0 amide bonds. The van der Waals surface area contributed by atoms with Crippen molar-refractivity contribution in [2.75, 3.05) is 0 Å². The van der Waals surface area contributed by atoms with Gasteiger partial charge in [0.1, 0.15) is 0 Å². The van der Waals surface area contributed by atoms with Gasteiger partial charge in [-0.1, -0.05) is 12.1 Å². The highest BCUT2D eigenvalue weighted by molar-refractivity contribution is 7.04. The SMILES string of the molecule is O=[N+]([O-])c1cccc(CN=C2OB2C2[B]O2)c1. The van der Waals surface area contributed by atoms with Crippen LogP contribution in [0.2, 0.25) is 0 Å². The molecule has 2 aliphatic heterocycles. The summed E-state index contributed by atoms with van der Waals surface area (Å²) in [4.78, 5) is 14.4. The van der Waals surface area contributed by atoms with Gasteiger partial charge in [-0.15, -0.1) is 0 Å². The highest BCUT2D eigenvalue weighted by atomic mass is 16.6. The van der Waals surface area contributed by atoms with Gasteiger partial charge in [0, 0.05) is 12.1 Å². The Labute approximate surface area is 98.2 Å². The lowest BCUT2D eigenvalue weighted by Gasteiger charge is -1.95. The average molecular weight is 229 g/mol. The number of nitro benzene ring substituents is 1. The van der Waals surface area contributed by atoms with Gasteiger partial charge in [0.15, 0.2) is 5.80 Å². The minimum absolute atomic E-state index is 0.0336. The Balaban J connectivity index is 1.65. The molecule has 3 rings (SSSR count). The quantitative estimate of drug-likeness (QED) is 0.327. The second-order valence-corrected chi connectivity index (χ2v) is 3.86. The lowest BCUT2D eigenvalue weighted by molar-refractivity contribution is -0.384. The van der Waals surface area contributed by atoms with E-state index >= 15 is 0 Å². The van der Waals surface area contributed by atoms with Crippen molar-refractivity contribution in [3.63, 3.8) is 0 Å². The summed E-state index contributed by atoms with van der Waals surface area (Å²) in [5.41, 5.74) is 0.872. The van der Waals surface area contributed by atoms with Crippen LogP contribution in [0.15, 0.2) is 29.3 Å². The second kappa shape index (κ2) is 3.88. The molecule has 2 fully saturated rings. The van der Waals surface area contributed by atoms with E-state index in [2.05, 4.69) is 4.99 Å². The van der Waals surface area contributed by atoms with Gasteiger partial charge in [0.2, 0.25) is 0 Å². The van der Waals surface area contributed by atoms with Crippen molar-refractivity contribution < 1.29 is 14.2 Å². The molecule has 1 unspecified atom stereocenters. The minimum Gasteiger partial charge on any atom is -0.545 e. The largest absolute Gasteiger partial charge is 0.545 e. The van der Waals surface area contributed by atoms with Crippen LogP contribution in [-0.2, 0) is 15.9 Å². The molecule has 0 aliphatic carbocycles. The number of rotatable bonds is 4. The Morgan fingerprint density at radius 2 is 2.41 bits per heavy atom. The summed E-state index contributed by atoms with van der Waals surface area (Å²) in [6, 6.07) is 6.42. The zero-order valence-corrected chi connectivity index (χ0v) is 8.78. The number of nitrogens with zero attached hydrogens (tertiary/aromatic N) is 2. The Morgan fingerprint density at radius 3 is 3.12 bits per heavy atom. The smallest absolute Gasteiger partial charge is 0.473 e. The highest BCUT2D eigenvalue weighted by Gasteiger charge is 2.56. The van der Waals surface area contributed by atoms with Gasteiger partial charge < -0.3 is 9.31 Å². The lowest BCUT2D eigenvalue weighted by Crippen LogP contribution is -2.04. The van der Waals surface area contributed by atoms with Crippen LogP contribution in [0.25, 0.3) is 0 Å². The van der Waals surface area contributed by atoms with Gasteiger partial charge in [-0.05, 0) is 5.56 Å². The number of hydrogen-bond acceptors (Lipinski definition) is 5. The van der Waals surface area contributed by atoms with E-state index in [1.165, 1.54) is 12.1 Å². The van der Waals surface area contributed by atoms with Gasteiger partial charge in [0.25, 0.3) is 5.69 Å². The van der Waals surface area contributed by atoms with Crippen LogP contribution in [0.4, 0.5) is 5.69 Å². The fourth-order valence-electron chi connectivity index (χ4n) is 1.56. The molecule has 8 heteroatoms. The number of aliphatic imine (C=N–C) groups is 1. The van der Waals surface area contributed by atoms with Crippen molar-refractivity contribution >= 4 is 25.9 Å². The van der Waals surface area contributed by atoms with Crippen molar-refractivity contribution in [1.82, 2.24) is 0 Å². The highest BCUT2D eigenvalue weighted by Crippen LogP contribution is 2.24. The monoisotopic (exact) mass is 229 g/mol. The predicted molar refractivity (Wildman–Crippen MR) is 61.7 cm³/mol. The first-order valence-electron chi connectivity index (χ1n) is 5.17. The van der Waals surface area contributed by atoms with Crippen molar-refractivity contribution in [2.45, 2.75) is 12.4 Å². The first kappa shape index (κ1) is 10.3. The predicted octanol–water partition coefficient (Wildman–Crippen LogP) is 0.569. The molecule has 6 nitrogen and oxygen atoms in total. The van der Waals surface area contributed by atoms with Gasteiger partial charge in [-0.2, -0.15) is 0 Å². The normalized spacial score (nSPS) is 22.9. The van der Waals surface area contributed by atoms with E-state index < -0.39 is 4.92 Å². The van der Waals surface area contributed by atoms with Crippen LogP contribution in [0.1, 0.15) is 5.56 Å². The van der Waals surface area contributed by atoms with Crippen molar-refractivity contribution in [3.05, 3.63) is 39.9 Å². The molecule has 0 saturated carbocycles. The van der Waals surface area contributed by atoms with E-state index in [9.17, 15) is 10.1 Å². The van der Waals surface area contributed by atoms with E-state index in [-0.39, 0.29) is 18.5 Å². The lowest BCUT2D eigenvalue weighted by atomic mass is 9.65. The van der Waals surface area contributed by atoms with E-state index in [0.29, 0.717) is 12.3 Å². The first-order chi connectivity index (χ1) is 8.24. The van der Waals surface area contributed by atoms with Gasteiger partial charge in [0.05, 0.1) is 17.4 Å². The minimum atomic E-state index is -0.417. The van der Waals surface area contributed by atoms with Gasteiger partial charge in [-0.3, -0.25) is 15.1 Å². The molecular weight excluding hydrogens is 222 g/mol. The molecule has 2 saturated heterocycles. The summed E-state index contributed by atoms with van der Waals surface area (Å²) in [6.45, 7) is 0.356. The standard InChI is InChI=1S/C9H7B2N2O4/c14-13(15)7-3-1-2-6(4-7)5-12-9-11(17-9)8-10-16-8/h1-4,8H,5H2. The summed E-state index contributed by atoms with van der Waals surface area (Å²) in [5.74, 6) is 0.717. The number of benzene rings is 1. The Bertz CT molecular complexity index is 504. The molecule has 17 heavy (non-hydrogen) atoms. The number of nitro groups is 1.